The molecule has 0 spiro atoms. The molecule has 2 aliphatic heterocycles. The molecule has 2 N–H and O–H groups in total. The Bertz CT molecular complexity index is 818. The summed E-state index contributed by atoms with van der Waals surface area (Å²) in [5, 5.41) is 2.07. The molecule has 1 aromatic carbocycles. The first-order valence-corrected chi connectivity index (χ1v) is 10.0. The third kappa shape index (κ3) is 3.09. The van der Waals surface area contributed by atoms with E-state index in [2.05, 4.69) is 16.3 Å². The Morgan fingerprint density at radius 2 is 2.04 bits per heavy atom. The molecule has 136 valence electrons. The number of anilines is 1. The number of carbonyl (C=O) groups excluding carboxylic acids is 2. The molecule has 26 heavy (non-hydrogen) atoms. The fourth-order valence-corrected chi connectivity index (χ4v) is 5.07. The van der Waals surface area contributed by atoms with Crippen molar-refractivity contribution in [2.75, 3.05) is 24.5 Å². The van der Waals surface area contributed by atoms with E-state index in [0.717, 1.165) is 50.0 Å². The zero-order chi connectivity index (χ0) is 18.1. The minimum atomic E-state index is -0.396. The summed E-state index contributed by atoms with van der Waals surface area (Å²) in [6.07, 6.45) is 3.85. The lowest BCUT2D eigenvalue weighted by molar-refractivity contribution is -0.130. The van der Waals surface area contributed by atoms with E-state index in [-0.39, 0.29) is 11.9 Å². The third-order valence-electron chi connectivity index (χ3n) is 5.38. The first-order chi connectivity index (χ1) is 12.6. The Labute approximate surface area is 157 Å². The van der Waals surface area contributed by atoms with E-state index in [9.17, 15) is 9.59 Å². The summed E-state index contributed by atoms with van der Waals surface area (Å²) in [6.45, 7) is 2.01. The van der Waals surface area contributed by atoms with Gasteiger partial charge >= 0.3 is 0 Å². The first-order valence-electron chi connectivity index (χ1n) is 9.14. The number of thiophene rings is 1. The summed E-state index contributed by atoms with van der Waals surface area (Å²) >= 11 is 1.72. The van der Waals surface area contributed by atoms with Gasteiger partial charge in [0.1, 0.15) is 0 Å². The maximum Gasteiger partial charge on any atom is 0.249 e. The Morgan fingerprint density at radius 1 is 1.15 bits per heavy atom. The number of fused-ring (bicyclic) bond motifs is 1. The van der Waals surface area contributed by atoms with Crippen LogP contribution in [0.4, 0.5) is 5.69 Å². The van der Waals surface area contributed by atoms with E-state index in [4.69, 9.17) is 5.73 Å². The lowest BCUT2D eigenvalue weighted by atomic mass is 9.96. The third-order valence-corrected chi connectivity index (χ3v) is 6.36. The minimum absolute atomic E-state index is 0.165. The molecule has 6 heteroatoms. The van der Waals surface area contributed by atoms with Crippen molar-refractivity contribution in [1.29, 1.82) is 0 Å². The van der Waals surface area contributed by atoms with Crippen molar-refractivity contribution in [2.45, 2.75) is 31.7 Å². The Kier molecular flexibility index (Phi) is 4.68. The number of hydrogen-bond donors (Lipinski definition) is 1. The van der Waals surface area contributed by atoms with Gasteiger partial charge in [0, 0.05) is 29.2 Å². The summed E-state index contributed by atoms with van der Waals surface area (Å²) in [6, 6.07) is 10.0. The molecule has 1 atom stereocenters. The Balaban J connectivity index is 1.54. The van der Waals surface area contributed by atoms with Crippen molar-refractivity contribution in [3.8, 4) is 0 Å². The van der Waals surface area contributed by atoms with Crippen LogP contribution >= 0.6 is 11.3 Å². The lowest BCUT2D eigenvalue weighted by Gasteiger charge is -2.34. The van der Waals surface area contributed by atoms with Crippen molar-refractivity contribution in [1.82, 2.24) is 4.90 Å². The summed E-state index contributed by atoms with van der Waals surface area (Å²) in [4.78, 5) is 30.2. The first kappa shape index (κ1) is 17.1. The average molecular weight is 369 g/mol. The second kappa shape index (κ2) is 7.11. The van der Waals surface area contributed by atoms with Crippen LogP contribution in [-0.4, -0.2) is 36.3 Å². The molecule has 0 radical (unpaired) electrons. The fourth-order valence-electron chi connectivity index (χ4n) is 4.19. The molecule has 0 saturated carbocycles. The molecule has 3 heterocycles. The van der Waals surface area contributed by atoms with Crippen LogP contribution in [0, 0.1) is 0 Å². The molecule has 5 nitrogen and oxygen atoms in total. The van der Waals surface area contributed by atoms with E-state index < -0.39 is 5.91 Å². The highest BCUT2D eigenvalue weighted by atomic mass is 32.1. The number of likely N-dealkylation sites (tertiary alicyclic amines) is 1. The van der Waals surface area contributed by atoms with Crippen LogP contribution in [0.2, 0.25) is 0 Å². The van der Waals surface area contributed by atoms with Gasteiger partial charge in [0.15, 0.2) is 0 Å². The number of benzene rings is 1. The van der Waals surface area contributed by atoms with Crippen molar-refractivity contribution in [3.05, 3.63) is 51.7 Å². The number of carbonyl (C=O) groups is 2. The van der Waals surface area contributed by atoms with Gasteiger partial charge < -0.3 is 15.5 Å². The number of rotatable bonds is 4. The predicted molar refractivity (Wildman–Crippen MR) is 104 cm³/mol. The number of amides is 2. The molecular weight excluding hydrogens is 346 g/mol. The minimum Gasteiger partial charge on any atom is -0.366 e. The Morgan fingerprint density at radius 3 is 2.81 bits per heavy atom. The second-order valence-corrected chi connectivity index (χ2v) is 7.93. The topological polar surface area (TPSA) is 66.6 Å². The lowest BCUT2D eigenvalue weighted by Crippen LogP contribution is -2.42. The highest BCUT2D eigenvalue weighted by molar-refractivity contribution is 7.10. The standard InChI is InChI=1S/C20H23N3O2S/c21-20(25)15-5-1-7-16-14(15)6-2-10-22(16)13-19(24)23-11-3-8-17(23)18-9-4-12-26-18/h1,4-5,7,9,12,17H,2-3,6,8,10-11,13H2,(H2,21,25). The van der Waals surface area contributed by atoms with Gasteiger partial charge in [0.05, 0.1) is 12.6 Å². The second-order valence-electron chi connectivity index (χ2n) is 6.95. The zero-order valence-electron chi connectivity index (χ0n) is 14.7. The number of nitrogens with two attached hydrogens (primary N) is 1. The Hall–Kier alpha value is -2.34. The summed E-state index contributed by atoms with van der Waals surface area (Å²) in [5.74, 6) is -0.231. The van der Waals surface area contributed by atoms with E-state index >= 15 is 0 Å². The molecule has 4 rings (SSSR count). The maximum absolute atomic E-state index is 13.0. The van der Waals surface area contributed by atoms with Crippen LogP contribution in [0.3, 0.4) is 0 Å². The molecule has 0 bridgehead atoms. The smallest absolute Gasteiger partial charge is 0.249 e. The molecule has 1 unspecified atom stereocenters. The summed E-state index contributed by atoms with van der Waals surface area (Å²) < 4.78 is 0. The van der Waals surface area contributed by atoms with Crippen LogP contribution in [-0.2, 0) is 11.2 Å². The van der Waals surface area contributed by atoms with Gasteiger partial charge in [-0.2, -0.15) is 0 Å². The van der Waals surface area contributed by atoms with E-state index in [1.54, 1.807) is 17.4 Å². The molecule has 1 aromatic heterocycles. The molecule has 2 amide bonds. The predicted octanol–water partition coefficient (Wildman–Crippen LogP) is 2.96. The average Bonchev–Trinajstić information content (AvgIpc) is 3.32. The molecular formula is C20H23N3O2S. The van der Waals surface area contributed by atoms with Gasteiger partial charge in [0.25, 0.3) is 0 Å². The molecule has 2 aromatic rings. The fraction of sp³-hybridized carbons (Fsp3) is 0.400. The summed E-state index contributed by atoms with van der Waals surface area (Å²) in [7, 11) is 0. The zero-order valence-corrected chi connectivity index (χ0v) is 15.5. The number of nitrogens with zero attached hydrogens (tertiary/aromatic N) is 2. The van der Waals surface area contributed by atoms with Crippen molar-refractivity contribution >= 4 is 28.8 Å². The van der Waals surface area contributed by atoms with E-state index in [1.165, 1.54) is 4.88 Å². The quantitative estimate of drug-likeness (QED) is 0.901. The number of primary amides is 1. The summed E-state index contributed by atoms with van der Waals surface area (Å²) in [5.41, 5.74) is 8.07. The van der Waals surface area contributed by atoms with Crippen LogP contribution in [0.15, 0.2) is 35.7 Å². The maximum atomic E-state index is 13.0. The molecule has 0 aliphatic carbocycles. The molecule has 1 saturated heterocycles. The van der Waals surface area contributed by atoms with Gasteiger partial charge in [-0.3, -0.25) is 9.59 Å². The molecule has 2 aliphatic rings. The van der Waals surface area contributed by atoms with Crippen LogP contribution < -0.4 is 10.6 Å². The largest absolute Gasteiger partial charge is 0.366 e. The SMILES string of the molecule is NC(=O)c1cccc2c1CCCN2CC(=O)N1CCCC1c1cccs1. The monoisotopic (exact) mass is 369 g/mol. The molecule has 1 fully saturated rings. The highest BCUT2D eigenvalue weighted by Gasteiger charge is 2.32. The van der Waals surface area contributed by atoms with Crippen LogP contribution in [0.1, 0.15) is 46.1 Å². The van der Waals surface area contributed by atoms with Gasteiger partial charge in [-0.1, -0.05) is 12.1 Å². The van der Waals surface area contributed by atoms with E-state index in [1.807, 2.05) is 23.1 Å². The van der Waals surface area contributed by atoms with Crippen molar-refractivity contribution in [3.63, 3.8) is 0 Å². The van der Waals surface area contributed by atoms with Gasteiger partial charge in [0.2, 0.25) is 11.8 Å². The van der Waals surface area contributed by atoms with Crippen molar-refractivity contribution in [2.24, 2.45) is 5.73 Å². The van der Waals surface area contributed by atoms with Gasteiger partial charge in [-0.05, 0) is 54.8 Å². The highest BCUT2D eigenvalue weighted by Crippen LogP contribution is 2.35. The van der Waals surface area contributed by atoms with Gasteiger partial charge in [-0.15, -0.1) is 11.3 Å². The van der Waals surface area contributed by atoms with Crippen LogP contribution in [0.25, 0.3) is 0 Å². The van der Waals surface area contributed by atoms with E-state index in [0.29, 0.717) is 12.1 Å². The number of hydrogen-bond acceptors (Lipinski definition) is 4. The van der Waals surface area contributed by atoms with Crippen molar-refractivity contribution < 1.29 is 9.59 Å². The normalized spacial score (nSPS) is 19.5. The van der Waals surface area contributed by atoms with Gasteiger partial charge in [-0.25, -0.2) is 0 Å². The van der Waals surface area contributed by atoms with Crippen LogP contribution in [0.5, 0.6) is 0 Å².